The van der Waals surface area contributed by atoms with Gasteiger partial charge in [0.2, 0.25) is 0 Å². The van der Waals surface area contributed by atoms with Gasteiger partial charge in [0.05, 0.1) is 13.0 Å². The summed E-state index contributed by atoms with van der Waals surface area (Å²) >= 11 is 4.05. The molecule has 0 heterocycles. The van der Waals surface area contributed by atoms with Crippen molar-refractivity contribution in [2.45, 2.75) is 38.3 Å². The molecule has 0 atom stereocenters. The van der Waals surface area contributed by atoms with Crippen LogP contribution in [0.5, 0.6) is 0 Å². The van der Waals surface area contributed by atoms with Crippen LogP contribution >= 0.6 is 12.6 Å². The van der Waals surface area contributed by atoms with Crippen molar-refractivity contribution >= 4 is 12.6 Å². The van der Waals surface area contributed by atoms with Gasteiger partial charge in [-0.25, -0.2) is 0 Å². The van der Waals surface area contributed by atoms with Gasteiger partial charge in [-0.2, -0.15) is 25.8 Å². The van der Waals surface area contributed by atoms with Gasteiger partial charge in [0.15, 0.2) is 0 Å². The number of hydrogen-bond acceptors (Lipinski definition) is 2. The minimum atomic E-state index is -4.09. The molecule has 0 aliphatic rings. The molecule has 14 heavy (non-hydrogen) atoms. The molecule has 0 saturated carbocycles. The number of halogens is 3. The van der Waals surface area contributed by atoms with Crippen LogP contribution in [0.25, 0.3) is 0 Å². The smallest absolute Gasteiger partial charge is 0.381 e. The van der Waals surface area contributed by atoms with Gasteiger partial charge in [-0.05, 0) is 18.6 Å². The molecule has 5 heteroatoms. The first kappa shape index (κ1) is 14.1. The summed E-state index contributed by atoms with van der Waals surface area (Å²) < 4.78 is 39.8. The monoisotopic (exact) mass is 230 g/mol. The molecule has 0 aromatic heterocycles. The molecule has 0 unspecified atom stereocenters. The topological polar surface area (TPSA) is 9.23 Å². The fourth-order valence-electron chi connectivity index (χ4n) is 0.959. The predicted molar refractivity (Wildman–Crippen MR) is 53.8 cm³/mol. The molecular weight excluding hydrogens is 213 g/mol. The molecule has 0 fully saturated rings. The Morgan fingerprint density at radius 1 is 0.929 bits per heavy atom. The lowest BCUT2D eigenvalue weighted by atomic mass is 10.2. The van der Waals surface area contributed by atoms with Crippen molar-refractivity contribution in [3.05, 3.63) is 0 Å². The molecule has 0 aliphatic carbocycles. The number of ether oxygens (including phenoxy) is 1. The Kier molecular flexibility index (Phi) is 8.47. The van der Waals surface area contributed by atoms with Crippen LogP contribution in [0.1, 0.15) is 32.1 Å². The minimum absolute atomic E-state index is 0.212. The molecule has 0 aliphatic heterocycles. The Morgan fingerprint density at radius 3 is 2.14 bits per heavy atom. The SMILES string of the molecule is FC(F)(F)CCOCCCCCCS. The summed E-state index contributed by atoms with van der Waals surface area (Å²) in [7, 11) is 0. The second kappa shape index (κ2) is 8.41. The number of rotatable bonds is 8. The summed E-state index contributed by atoms with van der Waals surface area (Å²) in [6, 6.07) is 0. The first-order chi connectivity index (χ1) is 6.56. The molecule has 0 aromatic rings. The number of hydrogen-bond donors (Lipinski definition) is 1. The molecule has 1 nitrogen and oxygen atoms in total. The van der Waals surface area contributed by atoms with E-state index in [1.165, 1.54) is 0 Å². The highest BCUT2D eigenvalue weighted by atomic mass is 32.1. The summed E-state index contributed by atoms with van der Waals surface area (Å²) in [5.41, 5.74) is 0. The van der Waals surface area contributed by atoms with Crippen molar-refractivity contribution in [1.82, 2.24) is 0 Å². The van der Waals surface area contributed by atoms with Crippen molar-refractivity contribution in [3.8, 4) is 0 Å². The molecule has 0 saturated heterocycles. The van der Waals surface area contributed by atoms with Crippen LogP contribution in [0.3, 0.4) is 0 Å². The van der Waals surface area contributed by atoms with E-state index in [-0.39, 0.29) is 6.61 Å². The summed E-state index contributed by atoms with van der Waals surface area (Å²) in [5.74, 6) is 0.870. The van der Waals surface area contributed by atoms with E-state index in [1.807, 2.05) is 0 Å². The average Bonchev–Trinajstić information content (AvgIpc) is 2.08. The lowest BCUT2D eigenvalue weighted by Crippen LogP contribution is -2.11. The molecule has 0 spiro atoms. The largest absolute Gasteiger partial charge is 0.391 e. The summed E-state index contributed by atoms with van der Waals surface area (Å²) in [4.78, 5) is 0. The fraction of sp³-hybridized carbons (Fsp3) is 1.00. The van der Waals surface area contributed by atoms with Crippen molar-refractivity contribution in [1.29, 1.82) is 0 Å². The maximum atomic E-state index is 11.6. The van der Waals surface area contributed by atoms with E-state index in [0.29, 0.717) is 6.61 Å². The van der Waals surface area contributed by atoms with E-state index in [4.69, 9.17) is 4.74 Å². The Labute approximate surface area is 88.4 Å². The first-order valence-electron chi connectivity index (χ1n) is 4.81. The highest BCUT2D eigenvalue weighted by molar-refractivity contribution is 7.80. The molecule has 0 radical (unpaired) electrons. The van der Waals surface area contributed by atoms with Gasteiger partial charge in [0.1, 0.15) is 0 Å². The van der Waals surface area contributed by atoms with E-state index in [0.717, 1.165) is 31.4 Å². The third-order valence-corrected chi connectivity index (χ3v) is 2.04. The van der Waals surface area contributed by atoms with E-state index in [2.05, 4.69) is 12.6 Å². The second-order valence-corrected chi connectivity index (χ2v) is 3.56. The zero-order valence-corrected chi connectivity index (χ0v) is 9.04. The van der Waals surface area contributed by atoms with Gasteiger partial charge in [-0.15, -0.1) is 0 Å². The Morgan fingerprint density at radius 2 is 1.57 bits per heavy atom. The minimum Gasteiger partial charge on any atom is -0.381 e. The van der Waals surface area contributed by atoms with Crippen molar-refractivity contribution in [2.75, 3.05) is 19.0 Å². The first-order valence-corrected chi connectivity index (χ1v) is 5.45. The summed E-state index contributed by atoms with van der Waals surface area (Å²) in [6.45, 7) is 0.221. The van der Waals surface area contributed by atoms with Gasteiger partial charge in [0.25, 0.3) is 0 Å². The fourth-order valence-corrected chi connectivity index (χ4v) is 1.18. The van der Waals surface area contributed by atoms with Gasteiger partial charge in [0, 0.05) is 6.61 Å². The third-order valence-electron chi connectivity index (χ3n) is 1.73. The molecule has 0 aromatic carbocycles. The standard InChI is InChI=1S/C9H17F3OS/c10-9(11,12)5-7-13-6-3-1-2-4-8-14/h14H,1-8H2. The normalized spacial score (nSPS) is 12.0. The van der Waals surface area contributed by atoms with Gasteiger partial charge in [-0.3, -0.25) is 0 Å². The van der Waals surface area contributed by atoms with Crippen molar-refractivity contribution in [3.63, 3.8) is 0 Å². The lowest BCUT2D eigenvalue weighted by molar-refractivity contribution is -0.145. The average molecular weight is 230 g/mol. The van der Waals surface area contributed by atoms with Crippen LogP contribution in [0.15, 0.2) is 0 Å². The van der Waals surface area contributed by atoms with E-state index in [9.17, 15) is 13.2 Å². The number of thiol groups is 1. The van der Waals surface area contributed by atoms with Crippen LogP contribution < -0.4 is 0 Å². The third kappa shape index (κ3) is 12.1. The maximum absolute atomic E-state index is 11.6. The van der Waals surface area contributed by atoms with Crippen LogP contribution in [0.4, 0.5) is 13.2 Å². The van der Waals surface area contributed by atoms with E-state index < -0.39 is 12.6 Å². The van der Waals surface area contributed by atoms with Crippen LogP contribution in [0.2, 0.25) is 0 Å². The summed E-state index contributed by atoms with van der Waals surface area (Å²) in [6.07, 6.45) is -0.953. The molecule has 0 amide bonds. The maximum Gasteiger partial charge on any atom is 0.391 e. The van der Waals surface area contributed by atoms with Crippen LogP contribution in [0, 0.1) is 0 Å². The van der Waals surface area contributed by atoms with Gasteiger partial charge >= 0.3 is 6.18 Å². The van der Waals surface area contributed by atoms with Crippen LogP contribution in [-0.4, -0.2) is 25.1 Å². The quantitative estimate of drug-likeness (QED) is 0.496. The number of alkyl halides is 3. The zero-order valence-electron chi connectivity index (χ0n) is 8.15. The molecule has 0 N–H and O–H groups in total. The predicted octanol–water partition coefficient (Wildman–Crippen LogP) is 3.45. The van der Waals surface area contributed by atoms with Gasteiger partial charge < -0.3 is 4.74 Å². The van der Waals surface area contributed by atoms with E-state index >= 15 is 0 Å². The lowest BCUT2D eigenvalue weighted by Gasteiger charge is -2.06. The van der Waals surface area contributed by atoms with Crippen LogP contribution in [-0.2, 0) is 4.74 Å². The van der Waals surface area contributed by atoms with E-state index in [1.54, 1.807) is 0 Å². The van der Waals surface area contributed by atoms with Crippen molar-refractivity contribution in [2.24, 2.45) is 0 Å². The highest BCUT2D eigenvalue weighted by Crippen LogP contribution is 2.18. The van der Waals surface area contributed by atoms with Gasteiger partial charge in [-0.1, -0.05) is 12.8 Å². The Bertz CT molecular complexity index is 128. The second-order valence-electron chi connectivity index (χ2n) is 3.12. The Hall–Kier alpha value is 0.100. The molecule has 0 bridgehead atoms. The molecule has 86 valence electrons. The Balaban J connectivity index is 2.99. The molecule has 0 rings (SSSR count). The summed E-state index contributed by atoms with van der Waals surface area (Å²) in [5, 5.41) is 0. The number of unbranched alkanes of at least 4 members (excludes halogenated alkanes) is 3. The zero-order chi connectivity index (χ0) is 10.9. The van der Waals surface area contributed by atoms with Crippen molar-refractivity contribution < 1.29 is 17.9 Å². The highest BCUT2D eigenvalue weighted by Gasteiger charge is 2.26. The molecular formula is C9H17F3OS.